The number of hydrogen-bond donors (Lipinski definition) is 2. The van der Waals surface area contributed by atoms with Gasteiger partial charge < -0.3 is 9.84 Å². The summed E-state index contributed by atoms with van der Waals surface area (Å²) < 4.78 is 5.86. The molecule has 1 aliphatic heterocycles. The van der Waals surface area contributed by atoms with Gasteiger partial charge in [-0.2, -0.15) is 0 Å². The molecule has 0 amide bonds. The molecule has 126 valence electrons. The normalized spacial score (nSPS) is 15.5. The summed E-state index contributed by atoms with van der Waals surface area (Å²) in [5.74, 6) is 0.506. The average molecular weight is 326 g/mol. The zero-order valence-corrected chi connectivity index (χ0v) is 13.9. The number of nitrogens with zero attached hydrogens (tertiary/aromatic N) is 1. The van der Waals surface area contributed by atoms with E-state index in [0.29, 0.717) is 11.5 Å². The van der Waals surface area contributed by atoms with E-state index < -0.39 is 0 Å². The van der Waals surface area contributed by atoms with Gasteiger partial charge in [-0.25, -0.2) is 0 Å². The fourth-order valence-corrected chi connectivity index (χ4v) is 2.45. The highest BCUT2D eigenvalue weighted by atomic mass is 16.5. The number of hydrazone groups is 1. The zero-order valence-electron chi connectivity index (χ0n) is 13.9. The SMILES string of the molecule is CCCc1ccc(C2NN=C(c3cccc(C=O)c3)O2)cc1.CO. The highest BCUT2D eigenvalue weighted by Gasteiger charge is 2.22. The van der Waals surface area contributed by atoms with E-state index in [1.165, 1.54) is 5.56 Å². The number of benzene rings is 2. The summed E-state index contributed by atoms with van der Waals surface area (Å²) in [6, 6.07) is 15.6. The van der Waals surface area contributed by atoms with Crippen LogP contribution in [0.2, 0.25) is 0 Å². The summed E-state index contributed by atoms with van der Waals surface area (Å²) in [7, 11) is 1.00. The van der Waals surface area contributed by atoms with Crippen LogP contribution in [0.25, 0.3) is 0 Å². The molecule has 0 fully saturated rings. The van der Waals surface area contributed by atoms with Crippen molar-refractivity contribution in [2.45, 2.75) is 26.0 Å². The molecule has 0 saturated carbocycles. The number of aryl methyl sites for hydroxylation is 1. The molecule has 2 aromatic rings. The Labute approximate surface area is 142 Å². The molecule has 1 unspecified atom stereocenters. The Kier molecular flexibility index (Phi) is 6.51. The molecule has 0 bridgehead atoms. The largest absolute Gasteiger partial charge is 0.446 e. The standard InChI is InChI=1S/C18H18N2O2.CH4O/c1-2-4-13-7-9-15(10-8-13)17-19-20-18(22-17)16-6-3-5-14(11-16)12-21;1-2/h3,5-12,17,19H,2,4H2,1H3;2H,1H3. The summed E-state index contributed by atoms with van der Waals surface area (Å²) in [6.07, 6.45) is 2.75. The quantitative estimate of drug-likeness (QED) is 0.829. The van der Waals surface area contributed by atoms with Crippen LogP contribution in [0.1, 0.15) is 46.6 Å². The molecule has 0 aromatic heterocycles. The molecule has 1 atom stereocenters. The number of aliphatic hydroxyl groups excluding tert-OH is 1. The molecule has 1 aliphatic rings. The van der Waals surface area contributed by atoms with Gasteiger partial charge in [-0.15, -0.1) is 5.10 Å². The second-order valence-corrected chi connectivity index (χ2v) is 5.28. The summed E-state index contributed by atoms with van der Waals surface area (Å²) in [6.45, 7) is 2.17. The maximum atomic E-state index is 10.8. The van der Waals surface area contributed by atoms with E-state index in [1.807, 2.05) is 12.1 Å². The summed E-state index contributed by atoms with van der Waals surface area (Å²) in [5.41, 5.74) is 6.74. The van der Waals surface area contributed by atoms with Crippen LogP contribution < -0.4 is 5.43 Å². The molecule has 24 heavy (non-hydrogen) atoms. The van der Waals surface area contributed by atoms with Gasteiger partial charge in [0, 0.05) is 23.8 Å². The van der Waals surface area contributed by atoms with Crippen molar-refractivity contribution in [3.8, 4) is 0 Å². The first-order chi connectivity index (χ1) is 11.8. The minimum absolute atomic E-state index is 0.287. The van der Waals surface area contributed by atoms with Crippen molar-refractivity contribution in [3.63, 3.8) is 0 Å². The number of rotatable bonds is 5. The molecule has 2 N–H and O–H groups in total. The van der Waals surface area contributed by atoms with Gasteiger partial charge in [-0.1, -0.05) is 49.7 Å². The van der Waals surface area contributed by atoms with Crippen LogP contribution in [0.5, 0.6) is 0 Å². The van der Waals surface area contributed by atoms with Crippen molar-refractivity contribution in [2.24, 2.45) is 5.10 Å². The van der Waals surface area contributed by atoms with Crippen molar-refractivity contribution in [1.29, 1.82) is 0 Å². The molecular formula is C19H22N2O3. The second-order valence-electron chi connectivity index (χ2n) is 5.28. The predicted octanol–water partition coefficient (Wildman–Crippen LogP) is 3.04. The maximum Gasteiger partial charge on any atom is 0.240 e. The number of aldehydes is 1. The van der Waals surface area contributed by atoms with Crippen molar-refractivity contribution in [3.05, 3.63) is 70.8 Å². The van der Waals surface area contributed by atoms with Gasteiger partial charge >= 0.3 is 0 Å². The first-order valence-corrected chi connectivity index (χ1v) is 7.89. The molecule has 1 heterocycles. The third-order valence-corrected chi connectivity index (χ3v) is 3.60. The molecule has 0 radical (unpaired) electrons. The second kappa shape index (κ2) is 8.84. The van der Waals surface area contributed by atoms with Crippen molar-refractivity contribution < 1.29 is 14.6 Å². The van der Waals surface area contributed by atoms with Gasteiger partial charge in [0.05, 0.1) is 0 Å². The van der Waals surface area contributed by atoms with Gasteiger partial charge in [-0.05, 0) is 24.1 Å². The van der Waals surface area contributed by atoms with E-state index >= 15 is 0 Å². The molecule has 0 aliphatic carbocycles. The maximum absolute atomic E-state index is 10.8. The van der Waals surface area contributed by atoms with Gasteiger partial charge in [0.2, 0.25) is 12.1 Å². The fourth-order valence-electron chi connectivity index (χ4n) is 2.45. The van der Waals surface area contributed by atoms with Gasteiger partial charge in [-0.3, -0.25) is 10.2 Å². The Morgan fingerprint density at radius 3 is 2.62 bits per heavy atom. The van der Waals surface area contributed by atoms with Gasteiger partial charge in [0.1, 0.15) is 6.29 Å². The topological polar surface area (TPSA) is 70.9 Å². The van der Waals surface area contributed by atoms with Gasteiger partial charge in [0.25, 0.3) is 0 Å². The van der Waals surface area contributed by atoms with E-state index in [2.05, 4.69) is 41.7 Å². The lowest BCUT2D eigenvalue weighted by Gasteiger charge is -2.12. The Morgan fingerprint density at radius 1 is 1.21 bits per heavy atom. The average Bonchev–Trinajstić information content (AvgIpc) is 3.14. The highest BCUT2D eigenvalue weighted by Crippen LogP contribution is 2.22. The first-order valence-electron chi connectivity index (χ1n) is 7.89. The van der Waals surface area contributed by atoms with E-state index in [4.69, 9.17) is 9.84 Å². The lowest BCUT2D eigenvalue weighted by Crippen LogP contribution is -2.12. The number of carbonyl (C=O) groups is 1. The smallest absolute Gasteiger partial charge is 0.240 e. The molecule has 5 nitrogen and oxygen atoms in total. The summed E-state index contributed by atoms with van der Waals surface area (Å²) in [5, 5.41) is 11.2. The highest BCUT2D eigenvalue weighted by molar-refractivity contribution is 5.96. The van der Waals surface area contributed by atoms with Crippen molar-refractivity contribution >= 4 is 12.2 Å². The predicted molar refractivity (Wildman–Crippen MR) is 93.9 cm³/mol. The molecule has 0 saturated heterocycles. The van der Waals surface area contributed by atoms with Crippen LogP contribution in [0.3, 0.4) is 0 Å². The fraction of sp³-hybridized carbons (Fsp3) is 0.263. The first kappa shape index (κ1) is 17.7. The number of hydrogen-bond acceptors (Lipinski definition) is 5. The zero-order chi connectivity index (χ0) is 17.4. The van der Waals surface area contributed by atoms with E-state index in [9.17, 15) is 4.79 Å². The van der Waals surface area contributed by atoms with Crippen molar-refractivity contribution in [2.75, 3.05) is 7.11 Å². The summed E-state index contributed by atoms with van der Waals surface area (Å²) in [4.78, 5) is 10.8. The lowest BCUT2D eigenvalue weighted by atomic mass is 10.1. The number of carbonyl (C=O) groups excluding carboxylic acids is 1. The van der Waals surface area contributed by atoms with Crippen LogP contribution in [-0.2, 0) is 11.2 Å². The summed E-state index contributed by atoms with van der Waals surface area (Å²) >= 11 is 0. The third kappa shape index (κ3) is 4.20. The minimum atomic E-state index is -0.287. The number of aliphatic hydroxyl groups is 1. The van der Waals surface area contributed by atoms with Crippen LogP contribution >= 0.6 is 0 Å². The van der Waals surface area contributed by atoms with Crippen LogP contribution in [0.15, 0.2) is 53.6 Å². The molecule has 3 rings (SSSR count). The van der Waals surface area contributed by atoms with Crippen molar-refractivity contribution in [1.82, 2.24) is 5.43 Å². The van der Waals surface area contributed by atoms with Crippen LogP contribution in [0.4, 0.5) is 0 Å². The van der Waals surface area contributed by atoms with E-state index in [-0.39, 0.29) is 6.23 Å². The lowest BCUT2D eigenvalue weighted by molar-refractivity contribution is 0.112. The molecule has 2 aromatic carbocycles. The van der Waals surface area contributed by atoms with Gasteiger partial charge in [0.15, 0.2) is 0 Å². The Balaban J connectivity index is 0.00000100. The van der Waals surface area contributed by atoms with E-state index in [0.717, 1.165) is 37.4 Å². The molecule has 5 heteroatoms. The van der Waals surface area contributed by atoms with Crippen LogP contribution in [-0.4, -0.2) is 24.4 Å². The monoisotopic (exact) mass is 326 g/mol. The minimum Gasteiger partial charge on any atom is -0.446 e. The molecular weight excluding hydrogens is 304 g/mol. The Hall–Kier alpha value is -2.66. The number of nitrogens with one attached hydrogen (secondary N) is 1. The third-order valence-electron chi connectivity index (χ3n) is 3.60. The Morgan fingerprint density at radius 2 is 1.96 bits per heavy atom. The van der Waals surface area contributed by atoms with Crippen LogP contribution in [0, 0.1) is 0 Å². The van der Waals surface area contributed by atoms with E-state index in [1.54, 1.807) is 12.1 Å². The molecule has 0 spiro atoms. The number of ether oxygens (including phenoxy) is 1. The Bertz CT molecular complexity index is 696.